The molecule has 4 rings (SSSR count). The van der Waals surface area contributed by atoms with Crippen LogP contribution in [0.3, 0.4) is 0 Å². The summed E-state index contributed by atoms with van der Waals surface area (Å²) in [6.45, 7) is 0.494. The Balaban J connectivity index is 2.01. The molecule has 0 saturated heterocycles. The highest BCUT2D eigenvalue weighted by atomic mass is 14.9. The fourth-order valence-corrected chi connectivity index (χ4v) is 2.86. The zero-order valence-electron chi connectivity index (χ0n) is 11.5. The van der Waals surface area contributed by atoms with Gasteiger partial charge in [-0.25, -0.2) is 4.98 Å². The molecule has 21 heavy (non-hydrogen) atoms. The maximum absolute atomic E-state index is 6.01. The summed E-state index contributed by atoms with van der Waals surface area (Å²) in [6.07, 6.45) is 0. The molecule has 0 radical (unpaired) electrons. The van der Waals surface area contributed by atoms with E-state index in [1.165, 1.54) is 10.8 Å². The minimum atomic E-state index is 0.494. The molecule has 3 nitrogen and oxygen atoms in total. The summed E-state index contributed by atoms with van der Waals surface area (Å²) in [5, 5.41) is 2.40. The van der Waals surface area contributed by atoms with Crippen molar-refractivity contribution in [3.8, 4) is 11.4 Å². The second kappa shape index (κ2) is 4.72. The zero-order chi connectivity index (χ0) is 14.2. The highest BCUT2D eigenvalue weighted by molar-refractivity contribution is 5.92. The number of nitrogens with one attached hydrogen (secondary N) is 1. The molecule has 0 aliphatic carbocycles. The third-order valence-electron chi connectivity index (χ3n) is 3.89. The van der Waals surface area contributed by atoms with Gasteiger partial charge in [-0.15, -0.1) is 0 Å². The number of nitrogens with two attached hydrogens (primary N) is 1. The lowest BCUT2D eigenvalue weighted by molar-refractivity contribution is 1.08. The van der Waals surface area contributed by atoms with Crippen LogP contribution in [-0.2, 0) is 6.54 Å². The second-order valence-corrected chi connectivity index (χ2v) is 5.12. The number of rotatable bonds is 2. The lowest BCUT2D eigenvalue weighted by Crippen LogP contribution is -2.01. The van der Waals surface area contributed by atoms with Crippen molar-refractivity contribution in [3.05, 3.63) is 66.2 Å². The van der Waals surface area contributed by atoms with Gasteiger partial charge in [0.1, 0.15) is 5.82 Å². The summed E-state index contributed by atoms with van der Waals surface area (Å²) >= 11 is 0. The first-order valence-corrected chi connectivity index (χ1v) is 7.02. The fourth-order valence-electron chi connectivity index (χ4n) is 2.86. The number of benzene rings is 3. The molecular weight excluding hydrogens is 258 g/mol. The Labute approximate surface area is 122 Å². The van der Waals surface area contributed by atoms with E-state index in [9.17, 15) is 0 Å². The zero-order valence-corrected chi connectivity index (χ0v) is 11.5. The van der Waals surface area contributed by atoms with E-state index in [0.717, 1.165) is 28.0 Å². The smallest absolute Gasteiger partial charge is 0.138 e. The molecule has 0 saturated carbocycles. The molecule has 3 N–H and O–H groups in total. The van der Waals surface area contributed by atoms with Gasteiger partial charge in [-0.1, -0.05) is 48.5 Å². The van der Waals surface area contributed by atoms with E-state index in [0.29, 0.717) is 6.54 Å². The number of hydrogen-bond donors (Lipinski definition) is 2. The van der Waals surface area contributed by atoms with E-state index in [1.807, 2.05) is 36.4 Å². The highest BCUT2D eigenvalue weighted by Crippen LogP contribution is 2.29. The van der Waals surface area contributed by atoms with E-state index >= 15 is 0 Å². The molecule has 4 aromatic rings. The van der Waals surface area contributed by atoms with E-state index < -0.39 is 0 Å². The standard InChI is InChI=1S/C18H15N3/c19-11-15-13-6-2-1-5-12(13)9-10-14(15)18-20-16-7-3-4-8-17(16)21-18/h1-10H,11,19H2,(H,20,21). The summed E-state index contributed by atoms with van der Waals surface area (Å²) < 4.78 is 0. The van der Waals surface area contributed by atoms with Gasteiger partial charge in [-0.05, 0) is 28.5 Å². The van der Waals surface area contributed by atoms with Gasteiger partial charge in [-0.3, -0.25) is 0 Å². The predicted molar refractivity (Wildman–Crippen MR) is 86.9 cm³/mol. The summed E-state index contributed by atoms with van der Waals surface area (Å²) in [7, 11) is 0. The number of aromatic nitrogens is 2. The number of aromatic amines is 1. The molecule has 0 unspecified atom stereocenters. The van der Waals surface area contributed by atoms with E-state index in [1.54, 1.807) is 0 Å². The van der Waals surface area contributed by atoms with Gasteiger partial charge in [0.05, 0.1) is 11.0 Å². The third kappa shape index (κ3) is 1.90. The minimum Gasteiger partial charge on any atom is -0.338 e. The van der Waals surface area contributed by atoms with Gasteiger partial charge in [0.2, 0.25) is 0 Å². The molecule has 0 aliphatic heterocycles. The second-order valence-electron chi connectivity index (χ2n) is 5.12. The third-order valence-corrected chi connectivity index (χ3v) is 3.89. The van der Waals surface area contributed by atoms with E-state index in [-0.39, 0.29) is 0 Å². The summed E-state index contributed by atoms with van der Waals surface area (Å²) in [4.78, 5) is 8.07. The number of hydrogen-bond acceptors (Lipinski definition) is 2. The van der Waals surface area contributed by atoms with E-state index in [2.05, 4.69) is 34.2 Å². The number of nitrogens with zero attached hydrogens (tertiary/aromatic N) is 1. The molecule has 0 atom stereocenters. The molecule has 0 fully saturated rings. The van der Waals surface area contributed by atoms with Gasteiger partial charge < -0.3 is 10.7 Å². The average Bonchev–Trinajstić information content (AvgIpc) is 2.97. The van der Waals surface area contributed by atoms with Crippen molar-refractivity contribution in [1.82, 2.24) is 9.97 Å². The first kappa shape index (κ1) is 12.1. The molecule has 0 bridgehead atoms. The van der Waals surface area contributed by atoms with Gasteiger partial charge in [0.25, 0.3) is 0 Å². The van der Waals surface area contributed by atoms with Crippen LogP contribution in [0.4, 0.5) is 0 Å². The molecule has 1 aromatic heterocycles. The predicted octanol–water partition coefficient (Wildman–Crippen LogP) is 3.84. The summed E-state index contributed by atoms with van der Waals surface area (Å²) in [6, 6.07) is 20.6. The molecule has 3 aromatic carbocycles. The Bertz CT molecular complexity index is 904. The number of H-pyrrole nitrogens is 1. The van der Waals surface area contributed by atoms with Crippen molar-refractivity contribution in [3.63, 3.8) is 0 Å². The van der Waals surface area contributed by atoms with Crippen LogP contribution >= 0.6 is 0 Å². The maximum atomic E-state index is 6.01. The Kier molecular flexibility index (Phi) is 2.72. The molecular formula is C18H15N3. The molecule has 0 aliphatic rings. The van der Waals surface area contributed by atoms with Gasteiger partial charge in [0, 0.05) is 12.1 Å². The van der Waals surface area contributed by atoms with Crippen LogP contribution in [0, 0.1) is 0 Å². The van der Waals surface area contributed by atoms with Crippen molar-refractivity contribution in [2.75, 3.05) is 0 Å². The first-order chi connectivity index (χ1) is 10.4. The van der Waals surface area contributed by atoms with Crippen LogP contribution in [0.15, 0.2) is 60.7 Å². The molecule has 1 heterocycles. The Morgan fingerprint density at radius 3 is 2.57 bits per heavy atom. The highest BCUT2D eigenvalue weighted by Gasteiger charge is 2.11. The SMILES string of the molecule is NCc1c(-c2nc3ccccc3[nH]2)ccc2ccccc12. The molecule has 0 spiro atoms. The number of para-hydroxylation sites is 2. The van der Waals surface area contributed by atoms with Crippen LogP contribution in [0.5, 0.6) is 0 Å². The van der Waals surface area contributed by atoms with Crippen molar-refractivity contribution in [2.24, 2.45) is 5.73 Å². The lowest BCUT2D eigenvalue weighted by Gasteiger charge is -2.09. The van der Waals surface area contributed by atoms with Crippen molar-refractivity contribution >= 4 is 21.8 Å². The first-order valence-electron chi connectivity index (χ1n) is 7.02. The molecule has 0 amide bonds. The lowest BCUT2D eigenvalue weighted by atomic mass is 9.98. The van der Waals surface area contributed by atoms with Crippen molar-refractivity contribution < 1.29 is 0 Å². The van der Waals surface area contributed by atoms with Crippen molar-refractivity contribution in [2.45, 2.75) is 6.54 Å². The maximum Gasteiger partial charge on any atom is 0.138 e. The number of fused-ring (bicyclic) bond motifs is 2. The monoisotopic (exact) mass is 273 g/mol. The fraction of sp³-hybridized carbons (Fsp3) is 0.0556. The molecule has 3 heteroatoms. The van der Waals surface area contributed by atoms with Crippen LogP contribution in [0.2, 0.25) is 0 Å². The summed E-state index contributed by atoms with van der Waals surface area (Å²) in [5.74, 6) is 0.877. The topological polar surface area (TPSA) is 54.7 Å². The minimum absolute atomic E-state index is 0.494. The Hall–Kier alpha value is -2.65. The largest absolute Gasteiger partial charge is 0.338 e. The van der Waals surface area contributed by atoms with Crippen LogP contribution in [0.25, 0.3) is 33.2 Å². The van der Waals surface area contributed by atoms with Gasteiger partial charge in [0.15, 0.2) is 0 Å². The Morgan fingerprint density at radius 2 is 1.71 bits per heavy atom. The van der Waals surface area contributed by atoms with E-state index in [4.69, 9.17) is 5.73 Å². The molecule has 102 valence electrons. The van der Waals surface area contributed by atoms with Crippen LogP contribution in [0.1, 0.15) is 5.56 Å². The average molecular weight is 273 g/mol. The Morgan fingerprint density at radius 1 is 0.905 bits per heavy atom. The van der Waals surface area contributed by atoms with Gasteiger partial charge >= 0.3 is 0 Å². The van der Waals surface area contributed by atoms with Gasteiger partial charge in [-0.2, -0.15) is 0 Å². The van der Waals surface area contributed by atoms with Crippen LogP contribution in [-0.4, -0.2) is 9.97 Å². The summed E-state index contributed by atoms with van der Waals surface area (Å²) in [5.41, 5.74) is 10.2. The van der Waals surface area contributed by atoms with Crippen molar-refractivity contribution in [1.29, 1.82) is 0 Å². The van der Waals surface area contributed by atoms with Crippen LogP contribution < -0.4 is 5.73 Å². The quantitative estimate of drug-likeness (QED) is 0.583. The number of imidazole rings is 1. The normalized spacial score (nSPS) is 11.3.